The molecule has 0 unspecified atom stereocenters. The van der Waals surface area contributed by atoms with E-state index in [0.717, 1.165) is 4.90 Å². The number of benzene rings is 2. The normalized spacial score (nSPS) is 27.7. The van der Waals surface area contributed by atoms with Crippen LogP contribution in [0.4, 0.5) is 11.4 Å². The van der Waals surface area contributed by atoms with Crippen LogP contribution in [0.2, 0.25) is 0 Å². The lowest BCUT2D eigenvalue weighted by Gasteiger charge is -2.28. The van der Waals surface area contributed by atoms with Crippen LogP contribution in [0.15, 0.2) is 42.5 Å². The van der Waals surface area contributed by atoms with E-state index in [1.54, 1.807) is 30.3 Å². The van der Waals surface area contributed by atoms with Crippen molar-refractivity contribution in [2.24, 2.45) is 23.7 Å². The number of rotatable bonds is 7. The van der Waals surface area contributed by atoms with Gasteiger partial charge in [0.05, 0.1) is 53.7 Å². The summed E-state index contributed by atoms with van der Waals surface area (Å²) in [6.45, 7) is -0.554. The number of imide groups is 1. The van der Waals surface area contributed by atoms with E-state index >= 15 is 0 Å². The molecule has 11 heteroatoms. The van der Waals surface area contributed by atoms with Gasteiger partial charge in [-0.3, -0.25) is 19.3 Å². The second-order valence-corrected chi connectivity index (χ2v) is 10.3. The highest BCUT2D eigenvalue weighted by atomic mass is 35.5. The Kier molecular flexibility index (Phi) is 6.76. The molecule has 2 aliphatic carbocycles. The largest absolute Gasteiger partial charge is 0.497 e. The fourth-order valence-electron chi connectivity index (χ4n) is 5.68. The van der Waals surface area contributed by atoms with Crippen molar-refractivity contribution in [3.05, 3.63) is 48.0 Å². The molecule has 3 aliphatic rings. The molecule has 1 heterocycles. The van der Waals surface area contributed by atoms with E-state index in [1.807, 2.05) is 0 Å². The minimum atomic E-state index is -0.778. The van der Waals surface area contributed by atoms with Crippen LogP contribution in [0.25, 0.3) is 0 Å². The third-order valence-electron chi connectivity index (χ3n) is 7.34. The van der Waals surface area contributed by atoms with Gasteiger partial charge in [-0.1, -0.05) is 6.07 Å². The molecule has 1 aliphatic heterocycles. The van der Waals surface area contributed by atoms with Crippen LogP contribution in [0, 0.1) is 23.7 Å². The lowest BCUT2D eigenvalue weighted by atomic mass is 9.80. The Labute approximate surface area is 222 Å². The monoisotopic (exact) mass is 546 g/mol. The summed E-state index contributed by atoms with van der Waals surface area (Å²) in [6, 6.07) is 10.9. The number of carbonyl (C=O) groups is 4. The van der Waals surface area contributed by atoms with Gasteiger partial charge in [0.1, 0.15) is 11.5 Å². The number of alkyl halides is 2. The molecule has 9 nitrogen and oxygen atoms in total. The predicted octanol–water partition coefficient (Wildman–Crippen LogP) is 3.47. The molecular weight excluding hydrogens is 523 g/mol. The van der Waals surface area contributed by atoms with Crippen molar-refractivity contribution in [2.75, 3.05) is 31.0 Å². The standard InChI is InChI=1S/C26H24Cl2N2O7/c1-35-14-6-7-17(18(9-14)36-2)29-19(31)11-37-26(34)12-4-3-5-13(8-12)30-24(32)20-15-10-16(21(20)25(30)33)23(28)22(15)27/h3-9,15-16,20-23H,10-11H2,1-2H3,(H,29,31)/t15-,16-,20-,21-,22-,23+/m1/s1. The topological polar surface area (TPSA) is 111 Å². The Hall–Kier alpha value is -3.30. The van der Waals surface area contributed by atoms with Crippen molar-refractivity contribution in [2.45, 2.75) is 17.2 Å². The van der Waals surface area contributed by atoms with Crippen LogP contribution >= 0.6 is 23.2 Å². The van der Waals surface area contributed by atoms with Crippen molar-refractivity contribution >= 4 is 58.3 Å². The molecule has 2 aromatic rings. The lowest BCUT2D eigenvalue weighted by Crippen LogP contribution is -2.37. The minimum absolute atomic E-state index is 0.0957. The first-order valence-electron chi connectivity index (χ1n) is 11.7. The number of fused-ring (bicyclic) bond motifs is 5. The summed E-state index contributed by atoms with van der Waals surface area (Å²) < 4.78 is 15.5. The molecule has 6 atom stereocenters. The van der Waals surface area contributed by atoms with E-state index < -0.39 is 30.3 Å². The molecule has 2 aromatic carbocycles. The molecule has 1 N–H and O–H groups in total. The molecule has 37 heavy (non-hydrogen) atoms. The van der Waals surface area contributed by atoms with E-state index in [4.69, 9.17) is 37.4 Å². The Morgan fingerprint density at radius 1 is 0.973 bits per heavy atom. The van der Waals surface area contributed by atoms with Gasteiger partial charge in [0.15, 0.2) is 6.61 Å². The highest BCUT2D eigenvalue weighted by molar-refractivity contribution is 6.32. The molecule has 2 bridgehead atoms. The zero-order valence-electron chi connectivity index (χ0n) is 20.0. The van der Waals surface area contributed by atoms with Crippen LogP contribution in [0.3, 0.4) is 0 Å². The summed E-state index contributed by atoms with van der Waals surface area (Å²) in [5.74, 6) is -2.35. The van der Waals surface area contributed by atoms with E-state index in [9.17, 15) is 19.2 Å². The van der Waals surface area contributed by atoms with E-state index in [2.05, 4.69) is 5.32 Å². The Bertz CT molecular complexity index is 1250. The number of hydrogen-bond acceptors (Lipinski definition) is 7. The lowest BCUT2D eigenvalue weighted by molar-refractivity contribution is -0.123. The summed E-state index contributed by atoms with van der Waals surface area (Å²) in [6.07, 6.45) is 0.666. The van der Waals surface area contributed by atoms with Gasteiger partial charge in [-0.2, -0.15) is 0 Å². The number of nitrogens with zero attached hydrogens (tertiary/aromatic N) is 1. The number of halogens is 2. The number of carbonyl (C=O) groups excluding carboxylic acids is 4. The maximum absolute atomic E-state index is 13.2. The maximum atomic E-state index is 13.2. The zero-order chi connectivity index (χ0) is 26.4. The smallest absolute Gasteiger partial charge is 0.338 e. The maximum Gasteiger partial charge on any atom is 0.338 e. The number of hydrogen-bond donors (Lipinski definition) is 1. The summed E-state index contributed by atoms with van der Waals surface area (Å²) in [5.41, 5.74) is 0.747. The first kappa shape index (κ1) is 25.4. The molecule has 0 radical (unpaired) electrons. The number of esters is 1. The third-order valence-corrected chi connectivity index (χ3v) is 8.66. The first-order chi connectivity index (χ1) is 17.7. The van der Waals surface area contributed by atoms with Gasteiger partial charge < -0.3 is 19.5 Å². The summed E-state index contributed by atoms with van der Waals surface area (Å²) in [5, 5.41) is 1.91. The quantitative estimate of drug-likeness (QED) is 0.321. The Morgan fingerprint density at radius 3 is 2.27 bits per heavy atom. The van der Waals surface area contributed by atoms with Crippen molar-refractivity contribution in [3.8, 4) is 11.5 Å². The number of nitrogens with one attached hydrogen (secondary N) is 1. The Morgan fingerprint density at radius 2 is 1.65 bits per heavy atom. The van der Waals surface area contributed by atoms with Gasteiger partial charge in [-0.25, -0.2) is 4.79 Å². The van der Waals surface area contributed by atoms with E-state index in [1.165, 1.54) is 26.4 Å². The third kappa shape index (κ3) is 4.30. The van der Waals surface area contributed by atoms with Crippen molar-refractivity contribution in [1.82, 2.24) is 0 Å². The molecule has 2 saturated carbocycles. The van der Waals surface area contributed by atoms with Gasteiger partial charge >= 0.3 is 5.97 Å². The molecule has 1 saturated heterocycles. The van der Waals surface area contributed by atoms with Crippen LogP contribution in [-0.4, -0.2) is 55.3 Å². The number of amides is 3. The van der Waals surface area contributed by atoms with Crippen LogP contribution in [0.1, 0.15) is 16.8 Å². The van der Waals surface area contributed by atoms with Gasteiger partial charge in [0, 0.05) is 6.07 Å². The average Bonchev–Trinajstić information content (AvgIpc) is 3.52. The molecule has 3 amide bonds. The fraction of sp³-hybridized carbons (Fsp3) is 0.385. The zero-order valence-corrected chi connectivity index (χ0v) is 21.5. The van der Waals surface area contributed by atoms with E-state index in [0.29, 0.717) is 23.6 Å². The molecule has 0 spiro atoms. The highest BCUT2D eigenvalue weighted by Gasteiger charge is 2.66. The van der Waals surface area contributed by atoms with Crippen LogP contribution < -0.4 is 19.7 Å². The minimum Gasteiger partial charge on any atom is -0.497 e. The van der Waals surface area contributed by atoms with Crippen LogP contribution in [-0.2, 0) is 19.1 Å². The van der Waals surface area contributed by atoms with Crippen molar-refractivity contribution in [3.63, 3.8) is 0 Å². The van der Waals surface area contributed by atoms with Crippen molar-refractivity contribution in [1.29, 1.82) is 0 Å². The highest BCUT2D eigenvalue weighted by Crippen LogP contribution is 2.59. The summed E-state index contributed by atoms with van der Waals surface area (Å²) in [4.78, 5) is 52.6. The second kappa shape index (κ2) is 9.87. The fourth-order valence-corrected chi connectivity index (χ4v) is 6.57. The van der Waals surface area contributed by atoms with Crippen molar-refractivity contribution < 1.29 is 33.4 Å². The van der Waals surface area contributed by atoms with Gasteiger partial charge in [-0.05, 0) is 48.6 Å². The SMILES string of the molecule is COc1ccc(NC(=O)COC(=O)c2cccc(N3C(=O)[C@@H]4[C@H]5C[C@@H]([C@@H](Cl)[C@H]5Cl)[C@H]4C3=O)c2)c(OC)c1. The number of ether oxygens (including phenoxy) is 3. The van der Waals surface area contributed by atoms with Gasteiger partial charge in [-0.15, -0.1) is 23.2 Å². The molecule has 194 valence electrons. The average molecular weight is 547 g/mol. The molecular formula is C26H24Cl2N2O7. The summed E-state index contributed by atoms with van der Waals surface area (Å²) in [7, 11) is 2.96. The van der Waals surface area contributed by atoms with Crippen LogP contribution in [0.5, 0.6) is 11.5 Å². The first-order valence-corrected chi connectivity index (χ1v) is 12.6. The summed E-state index contributed by atoms with van der Waals surface area (Å²) >= 11 is 12.8. The second-order valence-electron chi connectivity index (χ2n) is 9.26. The van der Waals surface area contributed by atoms with E-state index in [-0.39, 0.29) is 45.7 Å². The molecule has 3 fully saturated rings. The predicted molar refractivity (Wildman–Crippen MR) is 135 cm³/mol. The molecule has 5 rings (SSSR count). The number of methoxy groups -OCH3 is 2. The number of anilines is 2. The molecule has 0 aromatic heterocycles. The van der Waals surface area contributed by atoms with Gasteiger partial charge in [0.25, 0.3) is 5.91 Å². The Balaban J connectivity index is 1.25. The van der Waals surface area contributed by atoms with Gasteiger partial charge in [0.2, 0.25) is 11.8 Å².